The Morgan fingerprint density at radius 3 is 3.09 bits per heavy atom. The molecule has 2 nitrogen and oxygen atoms in total. The van der Waals surface area contributed by atoms with Gasteiger partial charge in [0.2, 0.25) is 0 Å². The molecule has 0 bridgehead atoms. The van der Waals surface area contributed by atoms with Crippen LogP contribution in [0.4, 0.5) is 4.39 Å². The molecule has 0 aromatic heterocycles. The molecule has 3 heteroatoms. The van der Waals surface area contributed by atoms with Gasteiger partial charge in [-0.25, -0.2) is 4.39 Å². The largest absolute Gasteiger partial charge is 0.491 e. The lowest BCUT2D eigenvalue weighted by Crippen LogP contribution is -2.11. The number of ether oxygens (including phenoxy) is 1. The molecule has 1 aromatic rings. The number of hydrogen-bond donors (Lipinski definition) is 1. The van der Waals surface area contributed by atoms with Crippen molar-refractivity contribution in [2.75, 3.05) is 6.61 Å². The Bertz CT molecular complexity index is 287. The highest BCUT2D eigenvalue weighted by atomic mass is 19.1. The first-order valence-corrected chi connectivity index (χ1v) is 3.46. The number of halogens is 1. The van der Waals surface area contributed by atoms with Gasteiger partial charge in [0.05, 0.1) is 6.04 Å². The molecule has 1 aliphatic rings. The fourth-order valence-electron chi connectivity index (χ4n) is 1.27. The first-order valence-electron chi connectivity index (χ1n) is 3.46. The fraction of sp³-hybridized carbons (Fsp3) is 0.250. The van der Waals surface area contributed by atoms with E-state index in [9.17, 15) is 4.39 Å². The molecule has 0 unspecified atom stereocenters. The third kappa shape index (κ3) is 0.886. The molecule has 0 saturated heterocycles. The van der Waals surface area contributed by atoms with Crippen LogP contribution in [0.15, 0.2) is 18.2 Å². The second-order valence-electron chi connectivity index (χ2n) is 2.57. The van der Waals surface area contributed by atoms with Crippen LogP contribution in [0.3, 0.4) is 0 Å². The fourth-order valence-corrected chi connectivity index (χ4v) is 1.27. The molecule has 0 saturated carbocycles. The van der Waals surface area contributed by atoms with E-state index < -0.39 is 0 Å². The predicted octanol–water partition coefficient (Wildman–Crippen LogP) is 1.22. The molecule has 0 aliphatic carbocycles. The Morgan fingerprint density at radius 1 is 1.55 bits per heavy atom. The van der Waals surface area contributed by atoms with Crippen LogP contribution in [-0.4, -0.2) is 6.61 Å². The van der Waals surface area contributed by atoms with Crippen LogP contribution in [0, 0.1) is 5.82 Å². The molecule has 1 atom stereocenters. The summed E-state index contributed by atoms with van der Waals surface area (Å²) >= 11 is 0. The zero-order chi connectivity index (χ0) is 7.84. The summed E-state index contributed by atoms with van der Waals surface area (Å²) in [5.74, 6) is 0.310. The summed E-state index contributed by atoms with van der Waals surface area (Å²) in [6.45, 7) is 0.385. The van der Waals surface area contributed by atoms with Gasteiger partial charge in [0, 0.05) is 5.56 Å². The van der Waals surface area contributed by atoms with E-state index in [0.717, 1.165) is 0 Å². The van der Waals surface area contributed by atoms with Crippen LogP contribution in [0.25, 0.3) is 0 Å². The van der Waals surface area contributed by atoms with Gasteiger partial charge in [0.25, 0.3) is 0 Å². The van der Waals surface area contributed by atoms with Gasteiger partial charge in [-0.3, -0.25) is 0 Å². The quantitative estimate of drug-likeness (QED) is 0.608. The summed E-state index contributed by atoms with van der Waals surface area (Å²) in [6.07, 6.45) is 0. The first kappa shape index (κ1) is 6.61. The molecular formula is C8H8FNO. The summed E-state index contributed by atoms with van der Waals surface area (Å²) < 4.78 is 18.1. The normalized spacial score (nSPS) is 21.1. The van der Waals surface area contributed by atoms with Crippen LogP contribution in [-0.2, 0) is 0 Å². The van der Waals surface area contributed by atoms with Crippen LogP contribution >= 0.6 is 0 Å². The molecule has 1 aromatic carbocycles. The van der Waals surface area contributed by atoms with Gasteiger partial charge in [-0.1, -0.05) is 6.07 Å². The second kappa shape index (κ2) is 2.20. The van der Waals surface area contributed by atoms with Crippen molar-refractivity contribution in [1.29, 1.82) is 0 Å². The van der Waals surface area contributed by atoms with Crippen molar-refractivity contribution in [3.8, 4) is 5.75 Å². The maximum absolute atomic E-state index is 13.0. The average molecular weight is 153 g/mol. The smallest absolute Gasteiger partial charge is 0.131 e. The van der Waals surface area contributed by atoms with Gasteiger partial charge in [0.15, 0.2) is 0 Å². The Morgan fingerprint density at radius 2 is 2.36 bits per heavy atom. The Labute approximate surface area is 63.8 Å². The van der Waals surface area contributed by atoms with Crippen LogP contribution in [0.1, 0.15) is 11.6 Å². The lowest BCUT2D eigenvalue weighted by molar-refractivity contribution is 0.333. The van der Waals surface area contributed by atoms with E-state index in [1.165, 1.54) is 6.07 Å². The molecule has 11 heavy (non-hydrogen) atoms. The number of hydrogen-bond acceptors (Lipinski definition) is 2. The summed E-state index contributed by atoms with van der Waals surface area (Å²) in [7, 11) is 0. The van der Waals surface area contributed by atoms with Crippen LogP contribution in [0.5, 0.6) is 5.75 Å². The monoisotopic (exact) mass is 153 g/mol. The van der Waals surface area contributed by atoms with E-state index in [-0.39, 0.29) is 11.9 Å². The highest BCUT2D eigenvalue weighted by Crippen LogP contribution is 2.32. The van der Waals surface area contributed by atoms with Gasteiger partial charge in [-0.15, -0.1) is 0 Å². The minimum absolute atomic E-state index is 0.271. The van der Waals surface area contributed by atoms with Crippen molar-refractivity contribution in [1.82, 2.24) is 0 Å². The molecule has 0 amide bonds. The molecule has 58 valence electrons. The predicted molar refractivity (Wildman–Crippen MR) is 38.8 cm³/mol. The highest BCUT2D eigenvalue weighted by Gasteiger charge is 2.23. The van der Waals surface area contributed by atoms with Crippen molar-refractivity contribution < 1.29 is 9.13 Å². The number of fused-ring (bicyclic) bond motifs is 1. The first-order chi connectivity index (χ1) is 5.29. The van der Waals surface area contributed by atoms with E-state index in [0.29, 0.717) is 17.9 Å². The maximum atomic E-state index is 13.0. The molecule has 2 rings (SSSR count). The van der Waals surface area contributed by atoms with Gasteiger partial charge >= 0.3 is 0 Å². The number of rotatable bonds is 0. The minimum Gasteiger partial charge on any atom is -0.491 e. The molecule has 2 N–H and O–H groups in total. The van der Waals surface area contributed by atoms with Crippen molar-refractivity contribution in [3.05, 3.63) is 29.6 Å². The van der Waals surface area contributed by atoms with E-state index in [1.54, 1.807) is 12.1 Å². The Kier molecular flexibility index (Phi) is 1.32. The van der Waals surface area contributed by atoms with Crippen molar-refractivity contribution in [3.63, 3.8) is 0 Å². The van der Waals surface area contributed by atoms with Crippen molar-refractivity contribution >= 4 is 0 Å². The molecule has 1 aliphatic heterocycles. The molecule has 0 fully saturated rings. The van der Waals surface area contributed by atoms with Gasteiger partial charge < -0.3 is 10.5 Å². The van der Waals surface area contributed by atoms with Gasteiger partial charge in [-0.2, -0.15) is 0 Å². The minimum atomic E-state index is -0.300. The van der Waals surface area contributed by atoms with Crippen LogP contribution < -0.4 is 10.5 Å². The zero-order valence-corrected chi connectivity index (χ0v) is 5.88. The van der Waals surface area contributed by atoms with Crippen LogP contribution in [0.2, 0.25) is 0 Å². The molecule has 0 radical (unpaired) electrons. The lowest BCUT2D eigenvalue weighted by Gasteiger charge is -2.00. The topological polar surface area (TPSA) is 35.2 Å². The standard InChI is InChI=1S/C8H8FNO/c9-5-2-1-3-7-8(5)6(10)4-11-7/h1-3,6H,4,10H2/t6-/m1/s1. The van der Waals surface area contributed by atoms with E-state index >= 15 is 0 Å². The van der Waals surface area contributed by atoms with Gasteiger partial charge in [0.1, 0.15) is 18.2 Å². The summed E-state index contributed by atoms with van der Waals surface area (Å²) in [5.41, 5.74) is 6.09. The molecular weight excluding hydrogens is 145 g/mol. The highest BCUT2D eigenvalue weighted by molar-refractivity contribution is 5.39. The van der Waals surface area contributed by atoms with E-state index in [1.807, 2.05) is 0 Å². The summed E-state index contributed by atoms with van der Waals surface area (Å²) in [4.78, 5) is 0. The van der Waals surface area contributed by atoms with E-state index in [2.05, 4.69) is 0 Å². The van der Waals surface area contributed by atoms with Crippen molar-refractivity contribution in [2.45, 2.75) is 6.04 Å². The van der Waals surface area contributed by atoms with Gasteiger partial charge in [-0.05, 0) is 12.1 Å². The van der Waals surface area contributed by atoms with Crippen molar-refractivity contribution in [2.24, 2.45) is 5.73 Å². The Hall–Kier alpha value is -1.09. The SMILES string of the molecule is N[C@@H]1COc2cccc(F)c21. The second-order valence-corrected chi connectivity index (χ2v) is 2.57. The average Bonchev–Trinajstić information content (AvgIpc) is 2.34. The number of benzene rings is 1. The maximum Gasteiger partial charge on any atom is 0.131 e. The Balaban J connectivity index is 2.58. The number of nitrogens with two attached hydrogens (primary N) is 1. The molecule has 1 heterocycles. The summed E-state index contributed by atoms with van der Waals surface area (Å²) in [6, 6.07) is 4.44. The molecule has 0 spiro atoms. The third-order valence-electron chi connectivity index (χ3n) is 1.80. The van der Waals surface area contributed by atoms with E-state index in [4.69, 9.17) is 10.5 Å². The third-order valence-corrected chi connectivity index (χ3v) is 1.80. The zero-order valence-electron chi connectivity index (χ0n) is 5.88. The summed E-state index contributed by atoms with van der Waals surface area (Å²) in [5, 5.41) is 0. The lowest BCUT2D eigenvalue weighted by atomic mass is 10.1.